The third kappa shape index (κ3) is 4.24. The molecule has 1 atom stereocenters. The molecular formula is C20H24N4O. The van der Waals surface area contributed by atoms with Crippen molar-refractivity contribution in [2.75, 3.05) is 7.05 Å². The molecule has 5 nitrogen and oxygen atoms in total. The van der Waals surface area contributed by atoms with Gasteiger partial charge in [0.05, 0.1) is 11.0 Å². The molecule has 0 fully saturated rings. The third-order valence-electron chi connectivity index (χ3n) is 4.55. The molecule has 1 unspecified atom stereocenters. The number of nitrogens with one attached hydrogen (secondary N) is 1. The summed E-state index contributed by atoms with van der Waals surface area (Å²) in [7, 11) is 1.86. The van der Waals surface area contributed by atoms with Crippen molar-refractivity contribution in [1.29, 1.82) is 0 Å². The zero-order valence-electron chi connectivity index (χ0n) is 15.0. The first-order valence-electron chi connectivity index (χ1n) is 8.64. The topological polar surface area (TPSA) is 61.9 Å². The molecule has 25 heavy (non-hydrogen) atoms. The molecular weight excluding hydrogens is 312 g/mol. The molecule has 0 saturated carbocycles. The van der Waals surface area contributed by atoms with Crippen LogP contribution >= 0.6 is 0 Å². The van der Waals surface area contributed by atoms with Crippen molar-refractivity contribution in [3.8, 4) is 0 Å². The van der Waals surface area contributed by atoms with Crippen LogP contribution in [0.4, 0.5) is 0 Å². The largest absolute Gasteiger partial charge is 0.343 e. The highest BCUT2D eigenvalue weighted by Gasteiger charge is 2.17. The lowest BCUT2D eigenvalue weighted by Crippen LogP contribution is -2.36. The maximum absolute atomic E-state index is 12.5. The van der Waals surface area contributed by atoms with Crippen molar-refractivity contribution in [2.45, 2.75) is 39.2 Å². The van der Waals surface area contributed by atoms with E-state index < -0.39 is 0 Å². The Bertz CT molecular complexity index is 838. The second-order valence-corrected chi connectivity index (χ2v) is 6.58. The average Bonchev–Trinajstić information content (AvgIpc) is 3.02. The Balaban J connectivity index is 1.56. The van der Waals surface area contributed by atoms with Crippen LogP contribution in [0.3, 0.4) is 0 Å². The normalized spacial score (nSPS) is 12.3. The molecule has 2 heterocycles. The van der Waals surface area contributed by atoms with E-state index in [0.29, 0.717) is 12.8 Å². The zero-order valence-corrected chi connectivity index (χ0v) is 15.0. The van der Waals surface area contributed by atoms with Crippen LogP contribution in [0, 0.1) is 6.92 Å². The summed E-state index contributed by atoms with van der Waals surface area (Å²) in [4.78, 5) is 26.5. The first kappa shape index (κ1) is 17.1. The molecule has 0 radical (unpaired) electrons. The number of para-hydroxylation sites is 2. The molecule has 0 aliphatic carbocycles. The van der Waals surface area contributed by atoms with E-state index in [9.17, 15) is 4.79 Å². The summed E-state index contributed by atoms with van der Waals surface area (Å²) >= 11 is 0. The van der Waals surface area contributed by atoms with Crippen molar-refractivity contribution in [2.24, 2.45) is 0 Å². The molecule has 3 aromatic rings. The maximum atomic E-state index is 12.5. The summed E-state index contributed by atoms with van der Waals surface area (Å²) in [5, 5.41) is 0. The number of amides is 1. The number of hydrogen-bond donors (Lipinski definition) is 1. The highest BCUT2D eigenvalue weighted by molar-refractivity contribution is 5.77. The minimum Gasteiger partial charge on any atom is -0.343 e. The first-order valence-corrected chi connectivity index (χ1v) is 8.64. The molecule has 5 heteroatoms. The van der Waals surface area contributed by atoms with Gasteiger partial charge in [0.15, 0.2) is 0 Å². The molecule has 2 aromatic heterocycles. The second kappa shape index (κ2) is 7.47. The van der Waals surface area contributed by atoms with Gasteiger partial charge in [-0.15, -0.1) is 0 Å². The predicted octanol–water partition coefficient (Wildman–Crippen LogP) is 3.29. The first-order chi connectivity index (χ1) is 12.0. The van der Waals surface area contributed by atoms with Gasteiger partial charge < -0.3 is 9.88 Å². The number of carbonyl (C=O) groups is 1. The monoisotopic (exact) mass is 336 g/mol. The number of carbonyl (C=O) groups excluding carboxylic acids is 1. The molecule has 1 aromatic carbocycles. The van der Waals surface area contributed by atoms with Gasteiger partial charge in [-0.2, -0.15) is 0 Å². The molecule has 1 amide bonds. The van der Waals surface area contributed by atoms with Crippen molar-refractivity contribution < 1.29 is 4.79 Å². The molecule has 130 valence electrons. The Hall–Kier alpha value is -2.69. The van der Waals surface area contributed by atoms with Gasteiger partial charge in [0, 0.05) is 44.2 Å². The average molecular weight is 336 g/mol. The Labute approximate surface area is 148 Å². The summed E-state index contributed by atoms with van der Waals surface area (Å²) in [5.74, 6) is 0.983. The number of nitrogens with zero attached hydrogens (tertiary/aromatic N) is 3. The number of likely N-dealkylation sites (N-methyl/N-ethyl adjacent to an activating group) is 1. The van der Waals surface area contributed by atoms with Crippen molar-refractivity contribution in [3.05, 3.63) is 59.7 Å². The predicted molar refractivity (Wildman–Crippen MR) is 99.3 cm³/mol. The van der Waals surface area contributed by atoms with Gasteiger partial charge in [-0.3, -0.25) is 9.78 Å². The Kier molecular flexibility index (Phi) is 5.12. The van der Waals surface area contributed by atoms with Gasteiger partial charge in [-0.25, -0.2) is 4.98 Å². The van der Waals surface area contributed by atoms with E-state index in [1.54, 1.807) is 0 Å². The molecule has 0 aliphatic rings. The molecule has 0 spiro atoms. The summed E-state index contributed by atoms with van der Waals surface area (Å²) < 4.78 is 0. The molecule has 3 rings (SSSR count). The van der Waals surface area contributed by atoms with Crippen LogP contribution in [0.1, 0.15) is 30.4 Å². The smallest absolute Gasteiger partial charge is 0.223 e. The summed E-state index contributed by atoms with van der Waals surface area (Å²) in [6.07, 6.45) is 3.64. The van der Waals surface area contributed by atoms with Crippen molar-refractivity contribution >= 4 is 16.9 Å². The van der Waals surface area contributed by atoms with Crippen LogP contribution in [0.5, 0.6) is 0 Å². The van der Waals surface area contributed by atoms with E-state index in [4.69, 9.17) is 0 Å². The van der Waals surface area contributed by atoms with Gasteiger partial charge in [0.2, 0.25) is 5.91 Å². The van der Waals surface area contributed by atoms with E-state index in [-0.39, 0.29) is 11.9 Å². The highest BCUT2D eigenvalue weighted by atomic mass is 16.2. The van der Waals surface area contributed by atoms with Gasteiger partial charge in [-0.05, 0) is 43.7 Å². The molecule has 0 bridgehead atoms. The fourth-order valence-corrected chi connectivity index (χ4v) is 2.92. The van der Waals surface area contributed by atoms with E-state index >= 15 is 0 Å². The van der Waals surface area contributed by atoms with Crippen LogP contribution < -0.4 is 0 Å². The van der Waals surface area contributed by atoms with Gasteiger partial charge >= 0.3 is 0 Å². The lowest BCUT2D eigenvalue weighted by molar-refractivity contribution is -0.131. The summed E-state index contributed by atoms with van der Waals surface area (Å²) in [6.45, 7) is 4.11. The number of rotatable bonds is 6. The van der Waals surface area contributed by atoms with Crippen LogP contribution in [0.2, 0.25) is 0 Å². The zero-order chi connectivity index (χ0) is 17.8. The summed E-state index contributed by atoms with van der Waals surface area (Å²) in [5.41, 5.74) is 4.16. The van der Waals surface area contributed by atoms with Crippen LogP contribution in [0.25, 0.3) is 11.0 Å². The standard InChI is InChI=1S/C20H24N4O/c1-14-10-11-21-16(12-14)13-15(2)24(3)20(25)9-8-19-22-17-6-4-5-7-18(17)23-19/h4-7,10-12,15H,8-9,13H2,1-3H3,(H,22,23). The van der Waals surface area contributed by atoms with Crippen molar-refractivity contribution in [1.82, 2.24) is 19.9 Å². The number of aromatic amines is 1. The minimum absolute atomic E-state index is 0.109. The van der Waals surface area contributed by atoms with Crippen LogP contribution in [-0.2, 0) is 17.6 Å². The number of aryl methyl sites for hydroxylation is 2. The maximum Gasteiger partial charge on any atom is 0.223 e. The number of hydrogen-bond acceptors (Lipinski definition) is 3. The lowest BCUT2D eigenvalue weighted by Gasteiger charge is -2.24. The fraction of sp³-hybridized carbons (Fsp3) is 0.350. The number of imidazole rings is 1. The van der Waals surface area contributed by atoms with Crippen molar-refractivity contribution in [3.63, 3.8) is 0 Å². The molecule has 0 saturated heterocycles. The number of aromatic nitrogens is 3. The fourth-order valence-electron chi connectivity index (χ4n) is 2.92. The van der Waals surface area contributed by atoms with Crippen LogP contribution in [-0.4, -0.2) is 38.8 Å². The number of pyridine rings is 1. The van der Waals surface area contributed by atoms with Gasteiger partial charge in [-0.1, -0.05) is 12.1 Å². The van der Waals surface area contributed by atoms with E-state index in [1.807, 2.05) is 48.5 Å². The number of benzene rings is 1. The van der Waals surface area contributed by atoms with E-state index in [2.05, 4.69) is 34.9 Å². The molecule has 0 aliphatic heterocycles. The third-order valence-corrected chi connectivity index (χ3v) is 4.55. The highest BCUT2D eigenvalue weighted by Crippen LogP contribution is 2.13. The minimum atomic E-state index is 0.109. The molecule has 1 N–H and O–H groups in total. The SMILES string of the molecule is Cc1ccnc(CC(C)N(C)C(=O)CCc2nc3ccccc3[nH]2)c1. The van der Waals surface area contributed by atoms with E-state index in [1.165, 1.54) is 5.56 Å². The van der Waals surface area contributed by atoms with Crippen LogP contribution in [0.15, 0.2) is 42.6 Å². The Morgan fingerprint density at radius 1 is 1.28 bits per heavy atom. The number of fused-ring (bicyclic) bond motifs is 1. The Morgan fingerprint density at radius 3 is 2.84 bits per heavy atom. The number of H-pyrrole nitrogens is 1. The lowest BCUT2D eigenvalue weighted by atomic mass is 10.1. The Morgan fingerprint density at radius 2 is 2.08 bits per heavy atom. The van der Waals surface area contributed by atoms with Gasteiger partial charge in [0.1, 0.15) is 5.82 Å². The quantitative estimate of drug-likeness (QED) is 0.751. The summed E-state index contributed by atoms with van der Waals surface area (Å²) in [6, 6.07) is 12.1. The second-order valence-electron chi connectivity index (χ2n) is 6.58. The van der Waals surface area contributed by atoms with E-state index in [0.717, 1.165) is 29.0 Å². The van der Waals surface area contributed by atoms with Gasteiger partial charge in [0.25, 0.3) is 0 Å².